The zero-order valence-electron chi connectivity index (χ0n) is 9.49. The fourth-order valence-corrected chi connectivity index (χ4v) is 1.95. The molecule has 82 valence electrons. The van der Waals surface area contributed by atoms with Gasteiger partial charge in [-0.3, -0.25) is 0 Å². The third kappa shape index (κ3) is 2.32. The van der Waals surface area contributed by atoms with Gasteiger partial charge in [-0.1, -0.05) is 19.1 Å². The van der Waals surface area contributed by atoms with Crippen molar-refractivity contribution in [1.29, 1.82) is 0 Å². The molecule has 1 aromatic carbocycles. The molecule has 0 heterocycles. The second kappa shape index (κ2) is 4.67. The molecule has 1 saturated carbocycles. The summed E-state index contributed by atoms with van der Waals surface area (Å²) in [7, 11) is 2.00. The molecule has 0 aliphatic heterocycles. The normalized spacial score (nSPS) is 24.7. The largest absolute Gasteiger partial charge is 0.489 e. The van der Waals surface area contributed by atoms with E-state index < -0.39 is 0 Å². The van der Waals surface area contributed by atoms with Gasteiger partial charge < -0.3 is 10.1 Å². The first kappa shape index (κ1) is 10.5. The maximum atomic E-state index is 5.93. The van der Waals surface area contributed by atoms with Crippen molar-refractivity contribution in [2.75, 3.05) is 7.05 Å². The summed E-state index contributed by atoms with van der Waals surface area (Å²) in [5, 5.41) is 3.28. The van der Waals surface area contributed by atoms with Gasteiger partial charge >= 0.3 is 0 Å². The highest BCUT2D eigenvalue weighted by Crippen LogP contribution is 2.26. The molecular weight excluding hydrogens is 186 g/mol. The number of ether oxygens (including phenoxy) is 1. The van der Waals surface area contributed by atoms with E-state index in [4.69, 9.17) is 4.74 Å². The molecule has 1 fully saturated rings. The van der Waals surface area contributed by atoms with Gasteiger partial charge in [0.2, 0.25) is 0 Å². The molecule has 0 unspecified atom stereocenters. The highest BCUT2D eigenvalue weighted by atomic mass is 16.5. The summed E-state index contributed by atoms with van der Waals surface area (Å²) in [5.74, 6) is 1.01. The Morgan fingerprint density at radius 3 is 2.87 bits per heavy atom. The van der Waals surface area contributed by atoms with Crippen LogP contribution in [0.25, 0.3) is 0 Å². The number of benzene rings is 1. The van der Waals surface area contributed by atoms with E-state index in [1.54, 1.807) is 0 Å². The minimum atomic E-state index is 0.363. The average molecular weight is 205 g/mol. The molecule has 0 saturated heterocycles. The monoisotopic (exact) mass is 205 g/mol. The molecule has 2 atom stereocenters. The summed E-state index contributed by atoms with van der Waals surface area (Å²) >= 11 is 0. The van der Waals surface area contributed by atoms with Crippen LogP contribution in [0.15, 0.2) is 24.3 Å². The molecule has 0 bridgehead atoms. The van der Waals surface area contributed by atoms with Crippen LogP contribution >= 0.6 is 0 Å². The topological polar surface area (TPSA) is 21.3 Å². The van der Waals surface area contributed by atoms with Crippen molar-refractivity contribution >= 4 is 0 Å². The Morgan fingerprint density at radius 2 is 2.27 bits per heavy atom. The summed E-state index contributed by atoms with van der Waals surface area (Å²) in [6, 6.07) is 8.94. The van der Waals surface area contributed by atoms with E-state index in [1.807, 2.05) is 13.1 Å². The van der Waals surface area contributed by atoms with E-state index in [-0.39, 0.29) is 0 Å². The Hall–Kier alpha value is -1.02. The van der Waals surface area contributed by atoms with Crippen LogP contribution in [0.3, 0.4) is 0 Å². The van der Waals surface area contributed by atoms with Crippen LogP contribution in [0.2, 0.25) is 0 Å². The summed E-state index contributed by atoms with van der Waals surface area (Å²) < 4.78 is 5.93. The lowest BCUT2D eigenvalue weighted by atomic mass is 9.89. The number of hydrogen-bond donors (Lipinski definition) is 1. The maximum absolute atomic E-state index is 5.93. The van der Waals surface area contributed by atoms with E-state index in [9.17, 15) is 0 Å². The SMILES string of the molecule is CCc1cccc(O[C@@H]2CC[C@H]2NC)c1. The van der Waals surface area contributed by atoms with Crippen molar-refractivity contribution < 1.29 is 4.74 Å². The first-order chi connectivity index (χ1) is 7.33. The van der Waals surface area contributed by atoms with Crippen molar-refractivity contribution in [3.63, 3.8) is 0 Å². The van der Waals surface area contributed by atoms with Crippen LogP contribution in [-0.4, -0.2) is 19.2 Å². The molecule has 0 amide bonds. The molecular formula is C13H19NO. The molecule has 2 rings (SSSR count). The lowest BCUT2D eigenvalue weighted by Gasteiger charge is -2.36. The molecule has 15 heavy (non-hydrogen) atoms. The highest BCUT2D eigenvalue weighted by Gasteiger charge is 2.31. The van der Waals surface area contributed by atoms with Crippen LogP contribution in [0.1, 0.15) is 25.3 Å². The van der Waals surface area contributed by atoms with Gasteiger partial charge in [-0.15, -0.1) is 0 Å². The van der Waals surface area contributed by atoms with Gasteiger partial charge in [0.1, 0.15) is 11.9 Å². The van der Waals surface area contributed by atoms with E-state index >= 15 is 0 Å². The van der Waals surface area contributed by atoms with Crippen LogP contribution in [0.4, 0.5) is 0 Å². The van der Waals surface area contributed by atoms with E-state index in [0.717, 1.165) is 12.2 Å². The Bertz CT molecular complexity index is 322. The molecule has 2 nitrogen and oxygen atoms in total. The molecule has 0 aromatic heterocycles. The Labute approximate surface area is 91.6 Å². The third-order valence-corrected chi connectivity index (χ3v) is 3.18. The number of nitrogens with one attached hydrogen (secondary N) is 1. The second-order valence-electron chi connectivity index (χ2n) is 4.13. The van der Waals surface area contributed by atoms with Gasteiger partial charge in [0, 0.05) is 6.04 Å². The standard InChI is InChI=1S/C13H19NO/c1-3-10-5-4-6-11(9-10)15-13-8-7-12(13)14-2/h4-6,9,12-14H,3,7-8H2,1-2H3/t12-,13-/m1/s1. The number of hydrogen-bond acceptors (Lipinski definition) is 2. The van der Waals surface area contributed by atoms with Crippen molar-refractivity contribution in [2.24, 2.45) is 0 Å². The van der Waals surface area contributed by atoms with E-state index in [0.29, 0.717) is 12.1 Å². The summed E-state index contributed by atoms with van der Waals surface area (Å²) in [5.41, 5.74) is 1.34. The second-order valence-corrected chi connectivity index (χ2v) is 4.13. The van der Waals surface area contributed by atoms with Crippen molar-refractivity contribution in [3.05, 3.63) is 29.8 Å². The zero-order valence-corrected chi connectivity index (χ0v) is 9.49. The summed E-state index contributed by atoms with van der Waals surface area (Å²) in [6.45, 7) is 2.17. The van der Waals surface area contributed by atoms with Gasteiger partial charge in [0.05, 0.1) is 0 Å². The van der Waals surface area contributed by atoms with Crippen molar-refractivity contribution in [1.82, 2.24) is 5.32 Å². The Morgan fingerprint density at radius 1 is 1.40 bits per heavy atom. The Kier molecular flexibility index (Phi) is 3.27. The quantitative estimate of drug-likeness (QED) is 0.815. The average Bonchev–Trinajstić information content (AvgIpc) is 2.25. The van der Waals surface area contributed by atoms with Gasteiger partial charge in [0.25, 0.3) is 0 Å². The van der Waals surface area contributed by atoms with Crippen LogP contribution in [0.5, 0.6) is 5.75 Å². The minimum absolute atomic E-state index is 0.363. The van der Waals surface area contributed by atoms with Crippen LogP contribution in [-0.2, 0) is 6.42 Å². The van der Waals surface area contributed by atoms with Crippen LogP contribution < -0.4 is 10.1 Å². The van der Waals surface area contributed by atoms with Gasteiger partial charge in [-0.2, -0.15) is 0 Å². The fraction of sp³-hybridized carbons (Fsp3) is 0.538. The molecule has 0 spiro atoms. The molecule has 0 radical (unpaired) electrons. The third-order valence-electron chi connectivity index (χ3n) is 3.18. The molecule has 1 aromatic rings. The van der Waals surface area contributed by atoms with Gasteiger partial charge in [-0.05, 0) is 44.0 Å². The predicted molar refractivity (Wildman–Crippen MR) is 62.3 cm³/mol. The van der Waals surface area contributed by atoms with E-state index in [2.05, 4.69) is 30.4 Å². The van der Waals surface area contributed by atoms with Crippen molar-refractivity contribution in [2.45, 2.75) is 38.3 Å². The Balaban J connectivity index is 1.98. The first-order valence-electron chi connectivity index (χ1n) is 5.76. The van der Waals surface area contributed by atoms with Crippen molar-refractivity contribution in [3.8, 4) is 5.75 Å². The number of likely N-dealkylation sites (N-methyl/N-ethyl adjacent to an activating group) is 1. The summed E-state index contributed by atoms with van der Waals surface area (Å²) in [4.78, 5) is 0. The molecule has 1 N–H and O–H groups in total. The predicted octanol–water partition coefficient (Wildman–Crippen LogP) is 2.38. The lowest BCUT2D eigenvalue weighted by Crippen LogP contribution is -2.49. The first-order valence-corrected chi connectivity index (χ1v) is 5.76. The minimum Gasteiger partial charge on any atom is -0.489 e. The lowest BCUT2D eigenvalue weighted by molar-refractivity contribution is 0.0770. The summed E-state index contributed by atoms with van der Waals surface area (Å²) in [6.07, 6.45) is 3.83. The maximum Gasteiger partial charge on any atom is 0.120 e. The number of aryl methyl sites for hydroxylation is 1. The van der Waals surface area contributed by atoms with Gasteiger partial charge in [-0.25, -0.2) is 0 Å². The van der Waals surface area contributed by atoms with E-state index in [1.165, 1.54) is 18.4 Å². The molecule has 1 aliphatic carbocycles. The number of rotatable bonds is 4. The zero-order chi connectivity index (χ0) is 10.7. The molecule has 2 heteroatoms. The van der Waals surface area contributed by atoms with Gasteiger partial charge in [0.15, 0.2) is 0 Å². The molecule has 1 aliphatic rings. The van der Waals surface area contributed by atoms with Crippen LogP contribution in [0, 0.1) is 0 Å². The fourth-order valence-electron chi connectivity index (χ4n) is 1.95. The highest BCUT2D eigenvalue weighted by molar-refractivity contribution is 5.29. The smallest absolute Gasteiger partial charge is 0.120 e.